The Hall–Kier alpha value is -2.60. The van der Waals surface area contributed by atoms with Gasteiger partial charge in [0, 0.05) is 18.2 Å². The van der Waals surface area contributed by atoms with Crippen molar-refractivity contribution in [2.24, 2.45) is 0 Å². The lowest BCUT2D eigenvalue weighted by atomic mass is 10.2. The van der Waals surface area contributed by atoms with E-state index in [9.17, 15) is 10.1 Å². The van der Waals surface area contributed by atoms with Gasteiger partial charge in [0.1, 0.15) is 17.5 Å². The van der Waals surface area contributed by atoms with E-state index in [0.717, 1.165) is 30.0 Å². The van der Waals surface area contributed by atoms with Gasteiger partial charge in [0.2, 0.25) is 0 Å². The number of nitrogens with zero attached hydrogens (tertiary/aromatic N) is 1. The second-order valence-corrected chi connectivity index (χ2v) is 5.53. The quantitative estimate of drug-likeness (QED) is 0.671. The van der Waals surface area contributed by atoms with Crippen LogP contribution in [0.3, 0.4) is 0 Å². The molecule has 3 rings (SSSR count). The predicted octanol–water partition coefficient (Wildman–Crippen LogP) is 3.81. The zero-order valence-corrected chi connectivity index (χ0v) is 12.8. The third-order valence-corrected chi connectivity index (χ3v) is 3.67. The van der Waals surface area contributed by atoms with Crippen LogP contribution in [0.15, 0.2) is 42.5 Å². The molecule has 1 atom stereocenters. The summed E-state index contributed by atoms with van der Waals surface area (Å²) in [5.41, 5.74) is 2.16. The first-order chi connectivity index (χ1) is 11.1. The molecule has 0 radical (unpaired) electrons. The van der Waals surface area contributed by atoms with Gasteiger partial charge in [-0.25, -0.2) is 0 Å². The Balaban J connectivity index is 1.72. The van der Waals surface area contributed by atoms with E-state index in [0.29, 0.717) is 12.3 Å². The molecule has 1 unspecified atom stereocenters. The molecule has 1 fully saturated rings. The van der Waals surface area contributed by atoms with Crippen LogP contribution in [0.25, 0.3) is 0 Å². The van der Waals surface area contributed by atoms with Gasteiger partial charge in [0.25, 0.3) is 5.69 Å². The molecule has 0 aromatic heterocycles. The van der Waals surface area contributed by atoms with Crippen LogP contribution in [0.5, 0.6) is 5.75 Å². The molecule has 1 N–H and O–H groups in total. The molecule has 0 spiro atoms. The normalized spacial score (nSPS) is 17.0. The largest absolute Gasteiger partial charge is 0.488 e. The van der Waals surface area contributed by atoms with E-state index in [2.05, 4.69) is 5.32 Å². The zero-order chi connectivity index (χ0) is 16.2. The summed E-state index contributed by atoms with van der Waals surface area (Å²) in [6.45, 7) is 3.19. The van der Waals surface area contributed by atoms with Crippen molar-refractivity contribution in [2.45, 2.75) is 19.4 Å². The fraction of sp³-hybridized carbons (Fsp3) is 0.294. The van der Waals surface area contributed by atoms with Crippen LogP contribution in [0.2, 0.25) is 0 Å². The number of nitrogens with one attached hydrogen (secondary N) is 1. The standard InChI is InChI=1S/C17H18N2O4/c1-12-2-7-16(17(10-12)19(20)21)18-13-3-5-14(6-4-13)23-15-8-9-22-11-15/h2-7,10,15,18H,8-9,11H2,1H3. The molecular formula is C17H18N2O4. The maximum absolute atomic E-state index is 11.1. The summed E-state index contributed by atoms with van der Waals surface area (Å²) >= 11 is 0. The topological polar surface area (TPSA) is 73.6 Å². The molecule has 1 aliphatic heterocycles. The zero-order valence-electron chi connectivity index (χ0n) is 12.8. The number of hydrogen-bond acceptors (Lipinski definition) is 5. The number of aryl methyl sites for hydroxylation is 1. The SMILES string of the molecule is Cc1ccc(Nc2ccc(OC3CCOC3)cc2)c([N+](=O)[O-])c1. The minimum atomic E-state index is -0.382. The molecule has 0 amide bonds. The molecule has 1 saturated heterocycles. The maximum atomic E-state index is 11.1. The summed E-state index contributed by atoms with van der Waals surface area (Å²) in [4.78, 5) is 10.8. The van der Waals surface area contributed by atoms with Crippen LogP contribution < -0.4 is 10.1 Å². The van der Waals surface area contributed by atoms with Crippen molar-refractivity contribution in [2.75, 3.05) is 18.5 Å². The number of rotatable bonds is 5. The first-order valence-corrected chi connectivity index (χ1v) is 7.48. The molecule has 2 aromatic rings. The molecule has 1 aliphatic rings. The second-order valence-electron chi connectivity index (χ2n) is 5.53. The highest BCUT2D eigenvalue weighted by Gasteiger charge is 2.17. The van der Waals surface area contributed by atoms with E-state index in [4.69, 9.17) is 9.47 Å². The second kappa shape index (κ2) is 6.66. The number of hydrogen-bond donors (Lipinski definition) is 1. The van der Waals surface area contributed by atoms with Gasteiger partial charge in [-0.2, -0.15) is 0 Å². The molecule has 1 heterocycles. The van der Waals surface area contributed by atoms with E-state index < -0.39 is 0 Å². The van der Waals surface area contributed by atoms with Crippen molar-refractivity contribution >= 4 is 17.1 Å². The van der Waals surface area contributed by atoms with Crippen molar-refractivity contribution in [3.63, 3.8) is 0 Å². The highest BCUT2D eigenvalue weighted by Crippen LogP contribution is 2.29. The summed E-state index contributed by atoms with van der Waals surface area (Å²) in [5.74, 6) is 0.768. The van der Waals surface area contributed by atoms with Gasteiger partial charge < -0.3 is 14.8 Å². The molecule has 0 aliphatic carbocycles. The van der Waals surface area contributed by atoms with Crippen molar-refractivity contribution in [3.05, 3.63) is 58.1 Å². The number of anilines is 2. The monoisotopic (exact) mass is 314 g/mol. The maximum Gasteiger partial charge on any atom is 0.292 e. The molecule has 0 saturated carbocycles. The summed E-state index contributed by atoms with van der Waals surface area (Å²) in [5, 5.41) is 14.2. The lowest BCUT2D eigenvalue weighted by molar-refractivity contribution is -0.384. The number of nitro benzene ring substituents is 1. The summed E-state index contributed by atoms with van der Waals surface area (Å²) in [6, 6.07) is 12.5. The first-order valence-electron chi connectivity index (χ1n) is 7.48. The van der Waals surface area contributed by atoms with Crippen molar-refractivity contribution in [1.82, 2.24) is 0 Å². The van der Waals surface area contributed by atoms with Gasteiger partial charge in [-0.3, -0.25) is 10.1 Å². The number of ether oxygens (including phenoxy) is 2. The van der Waals surface area contributed by atoms with E-state index in [1.807, 2.05) is 37.3 Å². The minimum absolute atomic E-state index is 0.0634. The molecular weight excluding hydrogens is 296 g/mol. The Morgan fingerprint density at radius 3 is 2.70 bits per heavy atom. The van der Waals surface area contributed by atoms with Gasteiger partial charge in [-0.05, 0) is 42.8 Å². The van der Waals surface area contributed by atoms with Gasteiger partial charge in [-0.15, -0.1) is 0 Å². The Morgan fingerprint density at radius 2 is 2.04 bits per heavy atom. The average molecular weight is 314 g/mol. The average Bonchev–Trinajstić information content (AvgIpc) is 3.04. The van der Waals surface area contributed by atoms with Crippen molar-refractivity contribution in [3.8, 4) is 5.75 Å². The highest BCUT2D eigenvalue weighted by molar-refractivity contribution is 5.70. The van der Waals surface area contributed by atoms with E-state index in [1.165, 1.54) is 0 Å². The van der Waals surface area contributed by atoms with Crippen LogP contribution >= 0.6 is 0 Å². The molecule has 2 aromatic carbocycles. The lowest BCUT2D eigenvalue weighted by Crippen LogP contribution is -2.15. The Bertz CT molecular complexity index is 694. The van der Waals surface area contributed by atoms with Crippen LogP contribution in [-0.4, -0.2) is 24.2 Å². The van der Waals surface area contributed by atoms with Crippen LogP contribution in [-0.2, 0) is 4.74 Å². The van der Waals surface area contributed by atoms with Gasteiger partial charge in [-0.1, -0.05) is 6.07 Å². The van der Waals surface area contributed by atoms with E-state index in [1.54, 1.807) is 12.1 Å². The van der Waals surface area contributed by atoms with Crippen molar-refractivity contribution in [1.29, 1.82) is 0 Å². The van der Waals surface area contributed by atoms with E-state index in [-0.39, 0.29) is 16.7 Å². The van der Waals surface area contributed by atoms with Crippen molar-refractivity contribution < 1.29 is 14.4 Å². The van der Waals surface area contributed by atoms with E-state index >= 15 is 0 Å². The number of benzene rings is 2. The Labute approximate surface area is 134 Å². The summed E-state index contributed by atoms with van der Waals surface area (Å²) < 4.78 is 11.1. The Kier molecular flexibility index (Phi) is 4.43. The van der Waals surface area contributed by atoms with Crippen LogP contribution in [0.4, 0.5) is 17.1 Å². The smallest absolute Gasteiger partial charge is 0.292 e. The summed E-state index contributed by atoms with van der Waals surface area (Å²) in [7, 11) is 0. The third kappa shape index (κ3) is 3.78. The van der Waals surface area contributed by atoms with Gasteiger partial charge in [0.15, 0.2) is 0 Å². The number of nitro groups is 1. The molecule has 6 heteroatoms. The molecule has 0 bridgehead atoms. The third-order valence-electron chi connectivity index (χ3n) is 3.67. The Morgan fingerprint density at radius 1 is 1.26 bits per heavy atom. The molecule has 120 valence electrons. The molecule has 23 heavy (non-hydrogen) atoms. The fourth-order valence-corrected chi connectivity index (χ4v) is 2.47. The summed E-state index contributed by atoms with van der Waals surface area (Å²) in [6.07, 6.45) is 1.00. The predicted molar refractivity (Wildman–Crippen MR) is 87.4 cm³/mol. The highest BCUT2D eigenvalue weighted by atomic mass is 16.6. The fourth-order valence-electron chi connectivity index (χ4n) is 2.47. The minimum Gasteiger partial charge on any atom is -0.488 e. The first kappa shape index (κ1) is 15.3. The molecule has 6 nitrogen and oxygen atoms in total. The van der Waals surface area contributed by atoms with Gasteiger partial charge >= 0.3 is 0 Å². The van der Waals surface area contributed by atoms with Crippen LogP contribution in [0, 0.1) is 17.0 Å². The van der Waals surface area contributed by atoms with Crippen LogP contribution in [0.1, 0.15) is 12.0 Å². The van der Waals surface area contributed by atoms with Gasteiger partial charge in [0.05, 0.1) is 18.1 Å². The lowest BCUT2D eigenvalue weighted by Gasteiger charge is -2.13.